The normalized spacial score (nSPS) is 11.5. The minimum atomic E-state index is -3.82. The first-order valence-corrected chi connectivity index (χ1v) is 10.6. The third kappa shape index (κ3) is 6.26. The molecule has 30 heavy (non-hydrogen) atoms. The van der Waals surface area contributed by atoms with E-state index in [-0.39, 0.29) is 0 Å². The van der Waals surface area contributed by atoms with Crippen LogP contribution >= 0.6 is 0 Å². The van der Waals surface area contributed by atoms with Gasteiger partial charge in [0.1, 0.15) is 6.54 Å². The molecule has 0 aliphatic heterocycles. The number of esters is 1. The van der Waals surface area contributed by atoms with Gasteiger partial charge in [0.25, 0.3) is 5.91 Å². The number of anilines is 1. The smallest absolute Gasteiger partial charge is 0.321 e. The number of nitrogens with one attached hydrogen (secondary N) is 2. The Hall–Kier alpha value is -3.49. The predicted octanol–water partition coefficient (Wildman–Crippen LogP) is 2.91. The number of hydrogen-bond acceptors (Lipinski definition) is 5. The lowest BCUT2D eigenvalue weighted by Gasteiger charge is -2.09. The van der Waals surface area contributed by atoms with E-state index >= 15 is 0 Å². The van der Waals surface area contributed by atoms with Crippen molar-refractivity contribution in [3.05, 3.63) is 83.8 Å². The van der Waals surface area contributed by atoms with Crippen molar-refractivity contribution in [1.82, 2.24) is 4.72 Å². The number of ether oxygens (including phenoxy) is 1. The van der Waals surface area contributed by atoms with Gasteiger partial charge in [0.2, 0.25) is 10.0 Å². The van der Waals surface area contributed by atoms with Crippen molar-refractivity contribution in [3.8, 4) is 0 Å². The molecule has 0 fully saturated rings. The van der Waals surface area contributed by atoms with Gasteiger partial charge in [0, 0.05) is 16.5 Å². The number of sulfonamides is 1. The van der Waals surface area contributed by atoms with Gasteiger partial charge >= 0.3 is 5.97 Å². The maximum absolute atomic E-state index is 12.1. The van der Waals surface area contributed by atoms with E-state index in [1.54, 1.807) is 30.3 Å². The molecule has 3 rings (SSSR count). The summed E-state index contributed by atoms with van der Waals surface area (Å²) in [6.45, 7) is -1.10. The standard InChI is InChI=1S/C22H20N2O5S/c25-21(24-20-12-6-10-18-9-4-5-11-19(18)20)16-29-22(26)15-23-30(27,28)14-13-17-7-2-1-3-8-17/h1-14,23H,15-16H2,(H,24,25)/b14-13+. The van der Waals surface area contributed by atoms with Crippen LogP contribution in [0.25, 0.3) is 16.8 Å². The second-order valence-corrected chi connectivity index (χ2v) is 7.97. The average Bonchev–Trinajstić information content (AvgIpc) is 2.76. The lowest BCUT2D eigenvalue weighted by atomic mass is 10.1. The summed E-state index contributed by atoms with van der Waals surface area (Å²) in [6, 6.07) is 21.9. The van der Waals surface area contributed by atoms with Crippen LogP contribution < -0.4 is 10.0 Å². The highest BCUT2D eigenvalue weighted by Gasteiger charge is 2.12. The summed E-state index contributed by atoms with van der Waals surface area (Å²) in [5.41, 5.74) is 1.30. The molecule has 3 aromatic carbocycles. The second-order valence-electron chi connectivity index (χ2n) is 6.32. The van der Waals surface area contributed by atoms with Gasteiger partial charge in [-0.05, 0) is 23.1 Å². The molecule has 0 heterocycles. The van der Waals surface area contributed by atoms with Gasteiger partial charge in [-0.1, -0.05) is 66.7 Å². The minimum Gasteiger partial charge on any atom is -0.455 e. The van der Waals surface area contributed by atoms with Gasteiger partial charge in [-0.25, -0.2) is 13.1 Å². The van der Waals surface area contributed by atoms with Crippen LogP contribution in [0.3, 0.4) is 0 Å². The summed E-state index contributed by atoms with van der Waals surface area (Å²) in [5.74, 6) is -1.38. The fourth-order valence-corrected chi connectivity index (χ4v) is 3.41. The molecule has 0 aromatic heterocycles. The Morgan fingerprint density at radius 1 is 0.900 bits per heavy atom. The number of fused-ring (bicyclic) bond motifs is 1. The Kier molecular flexibility index (Phi) is 6.95. The van der Waals surface area contributed by atoms with Gasteiger partial charge in [0.15, 0.2) is 6.61 Å². The molecule has 0 aliphatic carbocycles. The molecule has 0 bridgehead atoms. The maximum Gasteiger partial charge on any atom is 0.321 e. The van der Waals surface area contributed by atoms with Gasteiger partial charge in [-0.3, -0.25) is 9.59 Å². The lowest BCUT2D eigenvalue weighted by molar-refractivity contribution is -0.146. The fourth-order valence-electron chi connectivity index (χ4n) is 2.66. The molecule has 0 saturated heterocycles. The summed E-state index contributed by atoms with van der Waals surface area (Å²) < 4.78 is 30.8. The van der Waals surface area contributed by atoms with Gasteiger partial charge in [-0.15, -0.1) is 0 Å². The number of carbonyl (C=O) groups is 2. The molecule has 0 atom stereocenters. The quantitative estimate of drug-likeness (QED) is 0.542. The summed E-state index contributed by atoms with van der Waals surface area (Å²) >= 11 is 0. The van der Waals surface area contributed by atoms with Gasteiger partial charge in [-0.2, -0.15) is 0 Å². The Balaban J connectivity index is 1.47. The highest BCUT2D eigenvalue weighted by Crippen LogP contribution is 2.22. The van der Waals surface area contributed by atoms with Crippen molar-refractivity contribution in [1.29, 1.82) is 0 Å². The summed E-state index contributed by atoms with van der Waals surface area (Å²) in [7, 11) is -3.82. The number of amides is 1. The first kappa shape index (κ1) is 21.2. The maximum atomic E-state index is 12.1. The summed E-state index contributed by atoms with van der Waals surface area (Å²) in [6.07, 6.45) is 1.41. The Morgan fingerprint density at radius 2 is 1.60 bits per heavy atom. The number of rotatable bonds is 8. The van der Waals surface area contributed by atoms with Crippen LogP contribution in [0.15, 0.2) is 78.2 Å². The van der Waals surface area contributed by atoms with Crippen molar-refractivity contribution in [2.24, 2.45) is 0 Å². The van der Waals surface area contributed by atoms with E-state index in [2.05, 4.69) is 10.0 Å². The largest absolute Gasteiger partial charge is 0.455 e. The Bertz CT molecular complexity index is 1170. The topological polar surface area (TPSA) is 102 Å². The average molecular weight is 424 g/mol. The molecule has 7 nitrogen and oxygen atoms in total. The van der Waals surface area contributed by atoms with E-state index in [0.29, 0.717) is 11.3 Å². The molecule has 0 saturated carbocycles. The van der Waals surface area contributed by atoms with Crippen LogP contribution in [-0.2, 0) is 24.3 Å². The van der Waals surface area contributed by atoms with E-state index in [0.717, 1.165) is 16.2 Å². The molecule has 1 amide bonds. The van der Waals surface area contributed by atoms with E-state index in [4.69, 9.17) is 4.74 Å². The van der Waals surface area contributed by atoms with Crippen molar-refractivity contribution >= 4 is 44.4 Å². The van der Waals surface area contributed by atoms with Crippen LogP contribution in [0.2, 0.25) is 0 Å². The van der Waals surface area contributed by atoms with Crippen molar-refractivity contribution in [3.63, 3.8) is 0 Å². The zero-order chi connectivity index (χ0) is 21.4. The van der Waals surface area contributed by atoms with Crippen molar-refractivity contribution in [2.75, 3.05) is 18.5 Å². The third-order valence-electron chi connectivity index (χ3n) is 4.08. The number of hydrogen-bond donors (Lipinski definition) is 2. The zero-order valence-electron chi connectivity index (χ0n) is 15.9. The second kappa shape index (κ2) is 9.82. The van der Waals surface area contributed by atoms with Crippen LogP contribution in [-0.4, -0.2) is 33.4 Å². The van der Waals surface area contributed by atoms with E-state index in [9.17, 15) is 18.0 Å². The molecule has 154 valence electrons. The van der Waals surface area contributed by atoms with Gasteiger partial charge < -0.3 is 10.1 Å². The van der Waals surface area contributed by atoms with E-state index in [1.807, 2.05) is 42.5 Å². The monoisotopic (exact) mass is 424 g/mol. The van der Waals surface area contributed by atoms with Crippen LogP contribution in [0.1, 0.15) is 5.56 Å². The van der Waals surface area contributed by atoms with Crippen LogP contribution in [0.5, 0.6) is 0 Å². The highest BCUT2D eigenvalue weighted by atomic mass is 32.2. The van der Waals surface area contributed by atoms with Crippen molar-refractivity contribution < 1.29 is 22.7 Å². The predicted molar refractivity (Wildman–Crippen MR) is 116 cm³/mol. The molecule has 0 unspecified atom stereocenters. The molecule has 8 heteroatoms. The zero-order valence-corrected chi connectivity index (χ0v) is 16.8. The number of benzene rings is 3. The SMILES string of the molecule is O=C(COC(=O)CNS(=O)(=O)/C=C/c1ccccc1)Nc1cccc2ccccc12. The molecule has 2 N–H and O–H groups in total. The van der Waals surface area contributed by atoms with Gasteiger partial charge in [0.05, 0.1) is 0 Å². The molecular weight excluding hydrogens is 404 g/mol. The molecule has 0 spiro atoms. The molecule has 0 aliphatic rings. The highest BCUT2D eigenvalue weighted by molar-refractivity contribution is 7.92. The summed E-state index contributed by atoms with van der Waals surface area (Å²) in [4.78, 5) is 23.9. The molecule has 0 radical (unpaired) electrons. The van der Waals surface area contributed by atoms with E-state index < -0.39 is 35.1 Å². The summed E-state index contributed by atoms with van der Waals surface area (Å²) in [5, 5.41) is 5.47. The fraction of sp³-hybridized carbons (Fsp3) is 0.0909. The lowest BCUT2D eigenvalue weighted by Crippen LogP contribution is -2.31. The molecular formula is C22H20N2O5S. The third-order valence-corrected chi connectivity index (χ3v) is 5.13. The minimum absolute atomic E-state index is 0.522. The first-order chi connectivity index (χ1) is 14.4. The molecule has 3 aromatic rings. The first-order valence-electron chi connectivity index (χ1n) is 9.09. The van der Waals surface area contributed by atoms with Crippen LogP contribution in [0, 0.1) is 0 Å². The Morgan fingerprint density at radius 3 is 2.40 bits per heavy atom. The van der Waals surface area contributed by atoms with E-state index in [1.165, 1.54) is 6.08 Å². The number of carbonyl (C=O) groups excluding carboxylic acids is 2. The van der Waals surface area contributed by atoms with Crippen molar-refractivity contribution in [2.45, 2.75) is 0 Å². The van der Waals surface area contributed by atoms with Crippen LogP contribution in [0.4, 0.5) is 5.69 Å². The Labute approximate surface area is 174 Å².